The van der Waals surface area contributed by atoms with Crippen molar-refractivity contribution in [1.29, 1.82) is 0 Å². The lowest BCUT2D eigenvalue weighted by atomic mass is 9.98. The highest BCUT2D eigenvalue weighted by Gasteiger charge is 2.14. The third-order valence-electron chi connectivity index (χ3n) is 3.14. The zero-order valence-electron chi connectivity index (χ0n) is 13.2. The topological polar surface area (TPSA) is 67.4 Å². The van der Waals surface area contributed by atoms with Gasteiger partial charge in [-0.25, -0.2) is 0 Å². The first-order chi connectivity index (χ1) is 9.95. The Morgan fingerprint density at radius 3 is 2.57 bits per heavy atom. The molecule has 0 heterocycles. The highest BCUT2D eigenvalue weighted by Crippen LogP contribution is 2.27. The number of anilines is 1. The largest absolute Gasteiger partial charge is 0.383 e. The molecule has 0 fully saturated rings. The Balaban J connectivity index is 2.65. The fourth-order valence-corrected chi connectivity index (χ4v) is 2.03. The predicted molar refractivity (Wildman–Crippen MR) is 83.4 cm³/mol. The number of methoxy groups -OCH3 is 1. The van der Waals surface area contributed by atoms with Crippen molar-refractivity contribution in [3.8, 4) is 0 Å². The van der Waals surface area contributed by atoms with E-state index in [2.05, 4.69) is 24.5 Å². The van der Waals surface area contributed by atoms with Crippen LogP contribution in [-0.4, -0.2) is 32.1 Å². The third kappa shape index (κ3) is 5.55. The van der Waals surface area contributed by atoms with Gasteiger partial charge in [0.2, 0.25) is 11.8 Å². The Morgan fingerprint density at radius 2 is 1.95 bits per heavy atom. The summed E-state index contributed by atoms with van der Waals surface area (Å²) in [5, 5.41) is 5.48. The summed E-state index contributed by atoms with van der Waals surface area (Å²) in [6, 6.07) is 5.91. The van der Waals surface area contributed by atoms with Crippen LogP contribution in [0, 0.1) is 6.92 Å². The summed E-state index contributed by atoms with van der Waals surface area (Å²) < 4.78 is 4.84. The molecule has 2 amide bonds. The van der Waals surface area contributed by atoms with Crippen molar-refractivity contribution in [3.63, 3.8) is 0 Å². The van der Waals surface area contributed by atoms with Gasteiger partial charge in [0.05, 0.1) is 6.61 Å². The summed E-state index contributed by atoms with van der Waals surface area (Å²) in [6.45, 7) is 6.93. The highest BCUT2D eigenvalue weighted by atomic mass is 16.5. The first kappa shape index (κ1) is 17.2. The van der Waals surface area contributed by atoms with Crippen molar-refractivity contribution >= 4 is 17.5 Å². The Hall–Kier alpha value is -1.88. The van der Waals surface area contributed by atoms with Gasteiger partial charge in [0.15, 0.2) is 0 Å². The second-order valence-corrected chi connectivity index (χ2v) is 5.26. The van der Waals surface area contributed by atoms with E-state index in [1.807, 2.05) is 25.1 Å². The fourth-order valence-electron chi connectivity index (χ4n) is 2.03. The van der Waals surface area contributed by atoms with E-state index in [4.69, 9.17) is 4.74 Å². The molecule has 5 heteroatoms. The molecule has 0 aliphatic carbocycles. The zero-order chi connectivity index (χ0) is 15.8. The van der Waals surface area contributed by atoms with E-state index in [0.717, 1.165) is 16.8 Å². The maximum atomic E-state index is 12.0. The maximum absolute atomic E-state index is 12.0. The highest BCUT2D eigenvalue weighted by molar-refractivity contribution is 6.04. The quantitative estimate of drug-likeness (QED) is 0.598. The van der Waals surface area contributed by atoms with Gasteiger partial charge < -0.3 is 15.4 Å². The molecular formula is C16H24N2O3. The van der Waals surface area contributed by atoms with Gasteiger partial charge in [0, 0.05) is 19.3 Å². The minimum atomic E-state index is -0.305. The summed E-state index contributed by atoms with van der Waals surface area (Å²) in [4.78, 5) is 23.6. The third-order valence-corrected chi connectivity index (χ3v) is 3.14. The number of carbonyl (C=O) groups excluding carboxylic acids is 2. The first-order valence-electron chi connectivity index (χ1n) is 7.10. The number of amides is 2. The lowest BCUT2D eigenvalue weighted by Gasteiger charge is -2.16. The SMILES string of the molecule is COCCNC(=O)CC(=O)Nc1c(C)cccc1C(C)C. The van der Waals surface area contributed by atoms with Gasteiger partial charge in [-0.1, -0.05) is 32.0 Å². The van der Waals surface area contributed by atoms with Gasteiger partial charge in [0.1, 0.15) is 6.42 Å². The molecule has 0 aliphatic rings. The minimum absolute atomic E-state index is 0.185. The second kappa shape index (κ2) is 8.42. The number of hydrogen-bond acceptors (Lipinski definition) is 3. The molecule has 0 unspecified atom stereocenters. The smallest absolute Gasteiger partial charge is 0.233 e. The van der Waals surface area contributed by atoms with E-state index in [1.165, 1.54) is 0 Å². The number of para-hydroxylation sites is 1. The van der Waals surface area contributed by atoms with E-state index in [9.17, 15) is 9.59 Å². The van der Waals surface area contributed by atoms with Crippen LogP contribution in [0.1, 0.15) is 37.3 Å². The molecule has 0 saturated heterocycles. The van der Waals surface area contributed by atoms with Gasteiger partial charge in [0.25, 0.3) is 0 Å². The van der Waals surface area contributed by atoms with E-state index in [-0.39, 0.29) is 18.2 Å². The van der Waals surface area contributed by atoms with Crippen molar-refractivity contribution < 1.29 is 14.3 Å². The standard InChI is InChI=1S/C16H24N2O3/c1-11(2)13-7-5-6-12(3)16(13)18-15(20)10-14(19)17-8-9-21-4/h5-7,11H,8-10H2,1-4H3,(H,17,19)(H,18,20). The maximum Gasteiger partial charge on any atom is 0.233 e. The average Bonchev–Trinajstić information content (AvgIpc) is 2.41. The van der Waals surface area contributed by atoms with Crippen LogP contribution in [0.3, 0.4) is 0 Å². The van der Waals surface area contributed by atoms with Crippen LogP contribution in [0.5, 0.6) is 0 Å². The van der Waals surface area contributed by atoms with Crippen LogP contribution in [0.15, 0.2) is 18.2 Å². The summed E-state index contributed by atoms with van der Waals surface area (Å²) >= 11 is 0. The Labute approximate surface area is 126 Å². The van der Waals surface area contributed by atoms with Crippen molar-refractivity contribution in [2.24, 2.45) is 0 Å². The summed E-state index contributed by atoms with van der Waals surface area (Å²) in [5.74, 6) is -0.305. The van der Waals surface area contributed by atoms with E-state index < -0.39 is 0 Å². The van der Waals surface area contributed by atoms with Gasteiger partial charge >= 0.3 is 0 Å². The van der Waals surface area contributed by atoms with Gasteiger partial charge in [-0.2, -0.15) is 0 Å². The molecule has 0 aromatic heterocycles. The lowest BCUT2D eigenvalue weighted by Crippen LogP contribution is -2.30. The van der Waals surface area contributed by atoms with Crippen molar-refractivity contribution in [2.75, 3.05) is 25.6 Å². The van der Waals surface area contributed by atoms with Crippen LogP contribution >= 0.6 is 0 Å². The lowest BCUT2D eigenvalue weighted by molar-refractivity contribution is -0.126. The molecule has 1 aromatic rings. The van der Waals surface area contributed by atoms with Crippen LogP contribution in [0.4, 0.5) is 5.69 Å². The van der Waals surface area contributed by atoms with Crippen LogP contribution < -0.4 is 10.6 Å². The zero-order valence-corrected chi connectivity index (χ0v) is 13.2. The monoisotopic (exact) mass is 292 g/mol. The van der Waals surface area contributed by atoms with Gasteiger partial charge in [-0.15, -0.1) is 0 Å². The molecule has 0 saturated carbocycles. The van der Waals surface area contributed by atoms with Crippen LogP contribution in [-0.2, 0) is 14.3 Å². The molecule has 5 nitrogen and oxygen atoms in total. The van der Waals surface area contributed by atoms with E-state index in [1.54, 1.807) is 7.11 Å². The normalized spacial score (nSPS) is 10.5. The summed E-state index contributed by atoms with van der Waals surface area (Å²) in [7, 11) is 1.56. The molecule has 0 spiro atoms. The van der Waals surface area contributed by atoms with Crippen molar-refractivity contribution in [1.82, 2.24) is 5.32 Å². The summed E-state index contributed by atoms with van der Waals surface area (Å²) in [6.07, 6.45) is -0.185. The second-order valence-electron chi connectivity index (χ2n) is 5.26. The van der Waals surface area contributed by atoms with Gasteiger partial charge in [-0.3, -0.25) is 9.59 Å². The van der Waals surface area contributed by atoms with Crippen molar-refractivity contribution in [3.05, 3.63) is 29.3 Å². The molecule has 1 rings (SSSR count). The molecule has 2 N–H and O–H groups in total. The molecule has 0 aliphatic heterocycles. The number of hydrogen-bond donors (Lipinski definition) is 2. The predicted octanol–water partition coefficient (Wildman–Crippen LogP) is 2.21. The number of aryl methyl sites for hydroxylation is 1. The molecule has 116 valence electrons. The Morgan fingerprint density at radius 1 is 1.24 bits per heavy atom. The van der Waals surface area contributed by atoms with Gasteiger partial charge in [-0.05, 0) is 24.0 Å². The fraction of sp³-hybridized carbons (Fsp3) is 0.500. The first-order valence-corrected chi connectivity index (χ1v) is 7.10. The number of carbonyl (C=O) groups is 2. The number of rotatable bonds is 7. The number of ether oxygens (including phenoxy) is 1. The van der Waals surface area contributed by atoms with Crippen LogP contribution in [0.25, 0.3) is 0 Å². The van der Waals surface area contributed by atoms with E-state index >= 15 is 0 Å². The molecule has 21 heavy (non-hydrogen) atoms. The number of nitrogens with one attached hydrogen (secondary N) is 2. The molecule has 1 aromatic carbocycles. The van der Waals surface area contributed by atoms with Crippen molar-refractivity contribution in [2.45, 2.75) is 33.1 Å². The number of benzene rings is 1. The molecular weight excluding hydrogens is 268 g/mol. The Bertz CT molecular complexity index is 498. The molecule has 0 bridgehead atoms. The van der Waals surface area contributed by atoms with E-state index in [0.29, 0.717) is 19.1 Å². The molecule has 0 radical (unpaired) electrons. The minimum Gasteiger partial charge on any atom is -0.383 e. The Kier molecular flexibility index (Phi) is 6.88. The average molecular weight is 292 g/mol. The summed E-state index contributed by atoms with van der Waals surface area (Å²) in [5.41, 5.74) is 2.87. The van der Waals surface area contributed by atoms with Crippen LogP contribution in [0.2, 0.25) is 0 Å². The molecule has 0 atom stereocenters.